The van der Waals surface area contributed by atoms with Crippen LogP contribution in [0.25, 0.3) is 0 Å². The van der Waals surface area contributed by atoms with E-state index in [1.807, 2.05) is 0 Å². The zero-order valence-electron chi connectivity index (χ0n) is 10.5. The number of aromatic nitrogens is 2. The van der Waals surface area contributed by atoms with Crippen LogP contribution in [0.4, 0.5) is 19.0 Å². The molecule has 1 saturated carbocycles. The summed E-state index contributed by atoms with van der Waals surface area (Å²) in [6.45, 7) is 0.211. The second kappa shape index (κ2) is 5.73. The first-order valence-corrected chi connectivity index (χ1v) is 6.34. The van der Waals surface area contributed by atoms with Crippen LogP contribution in [0.15, 0.2) is 12.3 Å². The third-order valence-corrected chi connectivity index (χ3v) is 3.44. The van der Waals surface area contributed by atoms with E-state index in [2.05, 4.69) is 15.3 Å². The molecular formula is C12H17F3N4. The molecule has 19 heavy (non-hydrogen) atoms. The van der Waals surface area contributed by atoms with Crippen LogP contribution in [-0.2, 0) is 6.54 Å². The monoisotopic (exact) mass is 274 g/mol. The van der Waals surface area contributed by atoms with Gasteiger partial charge in [-0.1, -0.05) is 12.8 Å². The highest BCUT2D eigenvalue weighted by Gasteiger charge is 2.45. The topological polar surface area (TPSA) is 63.8 Å². The van der Waals surface area contributed by atoms with Gasteiger partial charge in [0.15, 0.2) is 0 Å². The van der Waals surface area contributed by atoms with Gasteiger partial charge in [-0.05, 0) is 18.9 Å². The molecule has 3 N–H and O–H groups in total. The molecule has 0 radical (unpaired) electrons. The third kappa shape index (κ3) is 3.79. The number of anilines is 1. The predicted molar refractivity (Wildman–Crippen MR) is 65.1 cm³/mol. The van der Waals surface area contributed by atoms with Crippen LogP contribution in [-0.4, -0.2) is 22.2 Å². The summed E-state index contributed by atoms with van der Waals surface area (Å²) >= 11 is 0. The van der Waals surface area contributed by atoms with E-state index in [1.54, 1.807) is 6.07 Å². The van der Waals surface area contributed by atoms with Gasteiger partial charge in [-0.25, -0.2) is 9.97 Å². The Labute approximate surface area is 109 Å². The second-order valence-electron chi connectivity index (χ2n) is 4.82. The lowest BCUT2D eigenvalue weighted by Crippen LogP contribution is -2.45. The van der Waals surface area contributed by atoms with Gasteiger partial charge in [-0.3, -0.25) is 0 Å². The van der Waals surface area contributed by atoms with E-state index < -0.39 is 18.1 Å². The molecule has 1 aromatic rings. The van der Waals surface area contributed by atoms with Crippen molar-refractivity contribution in [3.05, 3.63) is 18.1 Å². The number of halogens is 3. The van der Waals surface area contributed by atoms with E-state index >= 15 is 0 Å². The molecule has 0 amide bonds. The first-order valence-electron chi connectivity index (χ1n) is 6.34. The number of nitrogens with one attached hydrogen (secondary N) is 1. The standard InChI is InChI=1S/C12H17F3N4/c13-12(14,15)8-3-1-2-4-9(8)18-7-11-17-6-5-10(16)19-11/h5-6,8-9,18H,1-4,7H2,(H2,16,17,19). The highest BCUT2D eigenvalue weighted by Crippen LogP contribution is 2.37. The molecule has 2 rings (SSSR count). The van der Waals surface area contributed by atoms with Crippen molar-refractivity contribution >= 4 is 5.82 Å². The molecule has 1 aliphatic carbocycles. The molecule has 2 atom stereocenters. The number of rotatable bonds is 3. The maximum absolute atomic E-state index is 12.9. The fraction of sp³-hybridized carbons (Fsp3) is 0.667. The molecule has 0 bridgehead atoms. The quantitative estimate of drug-likeness (QED) is 0.887. The summed E-state index contributed by atoms with van der Waals surface area (Å²) in [6, 6.07) is 0.988. The van der Waals surface area contributed by atoms with Crippen LogP contribution in [0.2, 0.25) is 0 Å². The zero-order valence-corrected chi connectivity index (χ0v) is 10.5. The number of hydrogen-bond donors (Lipinski definition) is 2. The van der Waals surface area contributed by atoms with Gasteiger partial charge >= 0.3 is 6.18 Å². The molecule has 7 heteroatoms. The summed E-state index contributed by atoms with van der Waals surface area (Å²) in [5.74, 6) is -0.531. The van der Waals surface area contributed by atoms with Crippen molar-refractivity contribution in [1.82, 2.24) is 15.3 Å². The maximum Gasteiger partial charge on any atom is 0.393 e. The van der Waals surface area contributed by atoms with Crippen LogP contribution in [0.1, 0.15) is 31.5 Å². The van der Waals surface area contributed by atoms with E-state index in [1.165, 1.54) is 6.20 Å². The lowest BCUT2D eigenvalue weighted by Gasteiger charge is -2.33. The summed E-state index contributed by atoms with van der Waals surface area (Å²) in [5, 5.41) is 2.92. The lowest BCUT2D eigenvalue weighted by atomic mass is 9.84. The minimum Gasteiger partial charge on any atom is -0.384 e. The van der Waals surface area contributed by atoms with Gasteiger partial charge in [0.1, 0.15) is 11.6 Å². The number of hydrogen-bond acceptors (Lipinski definition) is 4. The molecule has 1 aromatic heterocycles. The van der Waals surface area contributed by atoms with Crippen LogP contribution in [0, 0.1) is 5.92 Å². The Hall–Kier alpha value is -1.37. The molecule has 1 aliphatic rings. The van der Waals surface area contributed by atoms with Gasteiger partial charge in [0, 0.05) is 12.2 Å². The van der Waals surface area contributed by atoms with E-state index in [0.29, 0.717) is 24.5 Å². The minimum absolute atomic E-state index is 0.193. The summed E-state index contributed by atoms with van der Waals surface area (Å²) in [6.07, 6.45) is -0.458. The number of nitrogen functional groups attached to an aromatic ring is 1. The molecule has 4 nitrogen and oxygen atoms in total. The molecule has 0 aromatic carbocycles. The highest BCUT2D eigenvalue weighted by molar-refractivity contribution is 5.24. The Morgan fingerprint density at radius 3 is 2.74 bits per heavy atom. The molecule has 0 aliphatic heterocycles. The largest absolute Gasteiger partial charge is 0.393 e. The van der Waals surface area contributed by atoms with Crippen LogP contribution in [0.5, 0.6) is 0 Å². The molecule has 1 heterocycles. The van der Waals surface area contributed by atoms with Crippen LogP contribution in [0.3, 0.4) is 0 Å². The van der Waals surface area contributed by atoms with Crippen molar-refractivity contribution in [3.63, 3.8) is 0 Å². The van der Waals surface area contributed by atoms with Crippen molar-refractivity contribution in [2.45, 2.75) is 44.4 Å². The van der Waals surface area contributed by atoms with E-state index in [-0.39, 0.29) is 13.0 Å². The summed E-state index contributed by atoms with van der Waals surface area (Å²) < 4.78 is 38.7. The Morgan fingerprint density at radius 2 is 2.05 bits per heavy atom. The van der Waals surface area contributed by atoms with Gasteiger partial charge in [0.05, 0.1) is 12.5 Å². The van der Waals surface area contributed by atoms with Gasteiger partial charge in [-0.2, -0.15) is 13.2 Å². The minimum atomic E-state index is -4.14. The second-order valence-corrected chi connectivity index (χ2v) is 4.82. The Morgan fingerprint density at radius 1 is 1.32 bits per heavy atom. The first-order chi connectivity index (χ1) is 8.97. The predicted octanol–water partition coefficient (Wildman–Crippen LogP) is 2.27. The smallest absolute Gasteiger partial charge is 0.384 e. The van der Waals surface area contributed by atoms with Crippen LogP contribution >= 0.6 is 0 Å². The van der Waals surface area contributed by atoms with Crippen molar-refractivity contribution in [2.75, 3.05) is 5.73 Å². The number of nitrogens with zero attached hydrogens (tertiary/aromatic N) is 2. The molecule has 0 saturated heterocycles. The van der Waals surface area contributed by atoms with Crippen molar-refractivity contribution in [1.29, 1.82) is 0 Å². The fourth-order valence-corrected chi connectivity index (χ4v) is 2.49. The fourth-order valence-electron chi connectivity index (χ4n) is 2.49. The van der Waals surface area contributed by atoms with E-state index in [4.69, 9.17) is 5.73 Å². The zero-order chi connectivity index (χ0) is 13.9. The SMILES string of the molecule is Nc1ccnc(CNC2CCCCC2C(F)(F)F)n1. The van der Waals surface area contributed by atoms with Crippen molar-refractivity contribution < 1.29 is 13.2 Å². The molecule has 106 valence electrons. The average Bonchev–Trinajstić information content (AvgIpc) is 2.36. The first kappa shape index (κ1) is 14.0. The maximum atomic E-state index is 12.9. The van der Waals surface area contributed by atoms with Crippen molar-refractivity contribution in [2.24, 2.45) is 5.92 Å². The average molecular weight is 274 g/mol. The Bertz CT molecular complexity index is 422. The number of alkyl halides is 3. The van der Waals surface area contributed by atoms with Gasteiger partial charge in [0.25, 0.3) is 0 Å². The Kier molecular flexibility index (Phi) is 4.24. The molecular weight excluding hydrogens is 257 g/mol. The van der Waals surface area contributed by atoms with Crippen molar-refractivity contribution in [3.8, 4) is 0 Å². The van der Waals surface area contributed by atoms with Gasteiger partial charge < -0.3 is 11.1 Å². The third-order valence-electron chi connectivity index (χ3n) is 3.44. The highest BCUT2D eigenvalue weighted by atomic mass is 19.4. The van der Waals surface area contributed by atoms with Gasteiger partial charge in [0.2, 0.25) is 0 Å². The van der Waals surface area contributed by atoms with Gasteiger partial charge in [-0.15, -0.1) is 0 Å². The number of nitrogens with two attached hydrogens (primary N) is 1. The van der Waals surface area contributed by atoms with E-state index in [0.717, 1.165) is 6.42 Å². The summed E-state index contributed by atoms with van der Waals surface area (Å²) in [5.41, 5.74) is 5.50. The molecule has 0 spiro atoms. The molecule has 2 unspecified atom stereocenters. The lowest BCUT2D eigenvalue weighted by molar-refractivity contribution is -0.189. The Balaban J connectivity index is 1.97. The molecule has 1 fully saturated rings. The normalized spacial score (nSPS) is 24.4. The summed E-state index contributed by atoms with van der Waals surface area (Å²) in [4.78, 5) is 7.94. The van der Waals surface area contributed by atoms with Crippen LogP contribution < -0.4 is 11.1 Å². The van der Waals surface area contributed by atoms with E-state index in [9.17, 15) is 13.2 Å². The summed E-state index contributed by atoms with van der Waals surface area (Å²) in [7, 11) is 0.